The monoisotopic (exact) mass is 325 g/mol. The van der Waals surface area contributed by atoms with E-state index in [4.69, 9.17) is 5.26 Å². The summed E-state index contributed by atoms with van der Waals surface area (Å²) in [5.41, 5.74) is -0.628. The zero-order chi connectivity index (χ0) is 17.0. The van der Waals surface area contributed by atoms with Crippen molar-refractivity contribution in [2.75, 3.05) is 37.6 Å². The Labute approximate surface area is 135 Å². The maximum Gasteiger partial charge on any atom is 0.417 e. The van der Waals surface area contributed by atoms with Crippen LogP contribution in [0.5, 0.6) is 0 Å². The number of piperazine rings is 1. The van der Waals surface area contributed by atoms with E-state index in [1.165, 1.54) is 6.07 Å². The Morgan fingerprint density at radius 2 is 1.83 bits per heavy atom. The first kappa shape index (κ1) is 17.6. The van der Waals surface area contributed by atoms with Gasteiger partial charge < -0.3 is 4.90 Å². The van der Waals surface area contributed by atoms with Crippen molar-refractivity contribution in [3.05, 3.63) is 29.3 Å². The Morgan fingerprint density at radius 1 is 1.17 bits per heavy atom. The molecule has 2 rings (SSSR count). The summed E-state index contributed by atoms with van der Waals surface area (Å²) in [6, 6.07) is 5.60. The zero-order valence-electron chi connectivity index (χ0n) is 13.5. The lowest BCUT2D eigenvalue weighted by atomic mass is 10.1. The van der Waals surface area contributed by atoms with Crippen LogP contribution in [0.2, 0.25) is 0 Å². The van der Waals surface area contributed by atoms with Crippen LogP contribution in [0, 0.1) is 17.2 Å². The van der Waals surface area contributed by atoms with Crippen LogP contribution in [-0.4, -0.2) is 37.6 Å². The summed E-state index contributed by atoms with van der Waals surface area (Å²) in [6.45, 7) is 8.54. The van der Waals surface area contributed by atoms with Crippen LogP contribution in [0.25, 0.3) is 0 Å². The molecule has 0 bridgehead atoms. The highest BCUT2D eigenvalue weighted by atomic mass is 19.4. The molecule has 23 heavy (non-hydrogen) atoms. The Bertz CT molecular complexity index is 567. The molecule has 1 heterocycles. The molecule has 126 valence electrons. The van der Waals surface area contributed by atoms with Gasteiger partial charge in [0, 0.05) is 31.9 Å². The van der Waals surface area contributed by atoms with Gasteiger partial charge in [-0.25, -0.2) is 0 Å². The topological polar surface area (TPSA) is 30.3 Å². The highest BCUT2D eigenvalue weighted by molar-refractivity contribution is 5.55. The smallest absolute Gasteiger partial charge is 0.369 e. The number of nitrogens with zero attached hydrogens (tertiary/aromatic N) is 3. The van der Waals surface area contributed by atoms with Gasteiger partial charge in [0.1, 0.15) is 0 Å². The number of halogens is 3. The van der Waals surface area contributed by atoms with Crippen LogP contribution >= 0.6 is 0 Å². The van der Waals surface area contributed by atoms with Gasteiger partial charge in [-0.2, -0.15) is 18.4 Å². The third-order valence-electron chi connectivity index (χ3n) is 4.19. The fourth-order valence-corrected chi connectivity index (χ4v) is 2.73. The van der Waals surface area contributed by atoms with Crippen molar-refractivity contribution in [3.63, 3.8) is 0 Å². The SMILES string of the molecule is CC(C)CCN1CCN(c2ccc(C#N)c(C(F)(F)F)c2)CC1. The van der Waals surface area contributed by atoms with E-state index >= 15 is 0 Å². The van der Waals surface area contributed by atoms with Gasteiger partial charge >= 0.3 is 6.18 Å². The van der Waals surface area contributed by atoms with Crippen molar-refractivity contribution < 1.29 is 13.2 Å². The van der Waals surface area contributed by atoms with Crippen LogP contribution in [0.15, 0.2) is 18.2 Å². The van der Waals surface area contributed by atoms with Gasteiger partial charge in [-0.05, 0) is 37.1 Å². The van der Waals surface area contributed by atoms with Crippen molar-refractivity contribution in [1.82, 2.24) is 4.90 Å². The van der Waals surface area contributed by atoms with Gasteiger partial charge in [0.25, 0.3) is 0 Å². The number of anilines is 1. The van der Waals surface area contributed by atoms with Crippen LogP contribution in [-0.2, 0) is 6.18 Å². The van der Waals surface area contributed by atoms with Crippen molar-refractivity contribution in [2.45, 2.75) is 26.4 Å². The number of hydrogen-bond donors (Lipinski definition) is 0. The summed E-state index contributed by atoms with van der Waals surface area (Å²) in [7, 11) is 0. The molecule has 0 atom stereocenters. The van der Waals surface area contributed by atoms with Gasteiger partial charge in [0.05, 0.1) is 17.2 Å². The lowest BCUT2D eigenvalue weighted by Crippen LogP contribution is -2.46. The van der Waals surface area contributed by atoms with Gasteiger partial charge in [0.15, 0.2) is 0 Å². The van der Waals surface area contributed by atoms with E-state index in [-0.39, 0.29) is 5.56 Å². The van der Waals surface area contributed by atoms with E-state index in [1.807, 2.05) is 4.90 Å². The van der Waals surface area contributed by atoms with E-state index < -0.39 is 11.7 Å². The largest absolute Gasteiger partial charge is 0.417 e. The molecular formula is C17H22F3N3. The Morgan fingerprint density at radius 3 is 2.35 bits per heavy atom. The molecule has 0 unspecified atom stereocenters. The third kappa shape index (κ3) is 4.61. The molecule has 1 aliphatic heterocycles. The van der Waals surface area contributed by atoms with Crippen LogP contribution in [0.4, 0.5) is 18.9 Å². The van der Waals surface area contributed by atoms with Crippen LogP contribution in [0.1, 0.15) is 31.4 Å². The highest BCUT2D eigenvalue weighted by Gasteiger charge is 2.34. The Kier molecular flexibility index (Phi) is 5.53. The average Bonchev–Trinajstić information content (AvgIpc) is 2.52. The van der Waals surface area contributed by atoms with Crippen molar-refractivity contribution in [3.8, 4) is 6.07 Å². The number of alkyl halides is 3. The van der Waals surface area contributed by atoms with Gasteiger partial charge in [-0.3, -0.25) is 4.90 Å². The minimum Gasteiger partial charge on any atom is -0.369 e. The second-order valence-corrected chi connectivity index (χ2v) is 6.35. The molecule has 1 fully saturated rings. The fourth-order valence-electron chi connectivity index (χ4n) is 2.73. The summed E-state index contributed by atoms with van der Waals surface area (Å²) in [6.07, 6.45) is -3.37. The predicted octanol–water partition coefficient (Wildman–Crippen LogP) is 3.75. The summed E-state index contributed by atoms with van der Waals surface area (Å²) < 4.78 is 39.1. The second-order valence-electron chi connectivity index (χ2n) is 6.35. The van der Waals surface area contributed by atoms with E-state index in [0.29, 0.717) is 24.7 Å². The fraction of sp³-hybridized carbons (Fsp3) is 0.588. The molecule has 0 aromatic heterocycles. The molecule has 0 spiro atoms. The van der Waals surface area contributed by atoms with E-state index in [1.54, 1.807) is 12.1 Å². The van der Waals surface area contributed by atoms with Crippen molar-refractivity contribution in [2.24, 2.45) is 5.92 Å². The Balaban J connectivity index is 2.05. The summed E-state index contributed by atoms with van der Waals surface area (Å²) in [5, 5.41) is 8.85. The maximum absolute atomic E-state index is 13.0. The third-order valence-corrected chi connectivity index (χ3v) is 4.19. The molecule has 1 aromatic carbocycles. The van der Waals surface area contributed by atoms with Gasteiger partial charge in [0.2, 0.25) is 0 Å². The van der Waals surface area contributed by atoms with Gasteiger partial charge in [-0.15, -0.1) is 0 Å². The Hall–Kier alpha value is -1.74. The van der Waals surface area contributed by atoms with E-state index in [2.05, 4.69) is 18.7 Å². The molecule has 0 saturated carbocycles. The van der Waals surface area contributed by atoms with E-state index in [0.717, 1.165) is 32.1 Å². The van der Waals surface area contributed by atoms with Gasteiger partial charge in [-0.1, -0.05) is 13.8 Å². The molecule has 0 aliphatic carbocycles. The molecule has 0 N–H and O–H groups in total. The molecular weight excluding hydrogens is 303 g/mol. The molecule has 3 nitrogen and oxygen atoms in total. The zero-order valence-corrected chi connectivity index (χ0v) is 13.5. The molecule has 1 aliphatic rings. The first-order chi connectivity index (χ1) is 10.8. The number of hydrogen-bond acceptors (Lipinski definition) is 3. The molecule has 0 amide bonds. The average molecular weight is 325 g/mol. The lowest BCUT2D eigenvalue weighted by molar-refractivity contribution is -0.137. The molecule has 1 saturated heterocycles. The van der Waals surface area contributed by atoms with E-state index in [9.17, 15) is 13.2 Å². The predicted molar refractivity (Wildman–Crippen MR) is 84.3 cm³/mol. The summed E-state index contributed by atoms with van der Waals surface area (Å²) in [5.74, 6) is 0.654. The lowest BCUT2D eigenvalue weighted by Gasteiger charge is -2.36. The molecule has 0 radical (unpaired) electrons. The first-order valence-corrected chi connectivity index (χ1v) is 7.90. The molecule has 1 aromatic rings. The van der Waals surface area contributed by atoms with Crippen LogP contribution < -0.4 is 4.90 Å². The maximum atomic E-state index is 13.0. The minimum atomic E-state index is -4.50. The summed E-state index contributed by atoms with van der Waals surface area (Å²) in [4.78, 5) is 4.31. The van der Waals surface area contributed by atoms with Crippen molar-refractivity contribution in [1.29, 1.82) is 5.26 Å². The second kappa shape index (κ2) is 7.22. The quantitative estimate of drug-likeness (QED) is 0.845. The highest BCUT2D eigenvalue weighted by Crippen LogP contribution is 2.34. The van der Waals surface area contributed by atoms with Crippen molar-refractivity contribution >= 4 is 5.69 Å². The first-order valence-electron chi connectivity index (χ1n) is 7.90. The minimum absolute atomic E-state index is 0.322. The number of rotatable bonds is 4. The van der Waals surface area contributed by atoms with Crippen LogP contribution in [0.3, 0.4) is 0 Å². The number of nitriles is 1. The number of benzene rings is 1. The normalized spacial score (nSPS) is 16.7. The molecule has 6 heteroatoms. The standard InChI is InChI=1S/C17H22F3N3/c1-13(2)5-6-22-7-9-23(10-8-22)15-4-3-14(12-21)16(11-15)17(18,19)20/h3-4,11,13H,5-10H2,1-2H3. The summed E-state index contributed by atoms with van der Waals surface area (Å²) >= 11 is 0.